The van der Waals surface area contributed by atoms with E-state index >= 15 is 0 Å². The molecule has 2 N–H and O–H groups in total. The van der Waals surface area contributed by atoms with Gasteiger partial charge >= 0.3 is 17.8 Å². The van der Waals surface area contributed by atoms with Crippen LogP contribution in [0.2, 0.25) is 0 Å². The highest BCUT2D eigenvalue weighted by Crippen LogP contribution is 2.10. The normalized spacial score (nSPS) is 9.81. The molecule has 0 spiro atoms. The summed E-state index contributed by atoms with van der Waals surface area (Å²) in [6.45, 7) is 2.55. The van der Waals surface area contributed by atoms with Crippen molar-refractivity contribution in [2.75, 3.05) is 19.0 Å². The second-order valence-corrected chi connectivity index (χ2v) is 4.49. The number of rotatable bonds is 6. The summed E-state index contributed by atoms with van der Waals surface area (Å²) in [4.78, 5) is 34.4. The first kappa shape index (κ1) is 16.7. The number of methoxy groups -OCH3 is 1. The molecule has 0 fully saturated rings. The topological polar surface area (TPSA) is 84.5 Å². The molecule has 0 unspecified atom stereocenters. The lowest BCUT2D eigenvalue weighted by Gasteiger charge is -2.07. The van der Waals surface area contributed by atoms with Gasteiger partial charge in [0, 0.05) is 12.2 Å². The maximum atomic E-state index is 11.6. The average Bonchev–Trinajstić information content (AvgIpc) is 2.51. The smallest absolute Gasteiger partial charge is 0.337 e. The summed E-state index contributed by atoms with van der Waals surface area (Å²) in [5.41, 5.74) is 0.816. The van der Waals surface area contributed by atoms with Gasteiger partial charge in [0.2, 0.25) is 0 Å². The number of unbranched alkanes of at least 4 members (excludes halogenated alkanes) is 2. The Bertz CT molecular complexity index is 497. The van der Waals surface area contributed by atoms with Crippen molar-refractivity contribution in [3.05, 3.63) is 29.8 Å². The number of carbonyl (C=O) groups excluding carboxylic acids is 3. The summed E-state index contributed by atoms with van der Waals surface area (Å²) in [5, 5.41) is 5.01. The fourth-order valence-electron chi connectivity index (χ4n) is 1.65. The summed E-state index contributed by atoms with van der Waals surface area (Å²) in [6.07, 6.45) is 2.91. The zero-order chi connectivity index (χ0) is 15.7. The Balaban J connectivity index is 2.47. The van der Waals surface area contributed by atoms with Crippen LogP contribution in [0, 0.1) is 0 Å². The van der Waals surface area contributed by atoms with E-state index in [2.05, 4.69) is 22.3 Å². The zero-order valence-corrected chi connectivity index (χ0v) is 12.3. The Labute approximate surface area is 123 Å². The third-order valence-corrected chi connectivity index (χ3v) is 2.84. The summed E-state index contributed by atoms with van der Waals surface area (Å²) in [5.74, 6) is -1.85. The Morgan fingerprint density at radius 2 is 1.71 bits per heavy atom. The first-order chi connectivity index (χ1) is 10.1. The van der Waals surface area contributed by atoms with Gasteiger partial charge < -0.3 is 15.4 Å². The number of benzene rings is 1. The Kier molecular flexibility index (Phi) is 6.94. The minimum atomic E-state index is -0.725. The molecule has 2 amide bonds. The Hall–Kier alpha value is -2.37. The van der Waals surface area contributed by atoms with E-state index in [1.54, 1.807) is 0 Å². The third kappa shape index (κ3) is 5.64. The number of carbonyl (C=O) groups is 3. The van der Waals surface area contributed by atoms with Crippen molar-refractivity contribution < 1.29 is 19.1 Å². The minimum absolute atomic E-state index is 0.375. The quantitative estimate of drug-likeness (QED) is 0.475. The monoisotopic (exact) mass is 292 g/mol. The Morgan fingerprint density at radius 1 is 1.05 bits per heavy atom. The van der Waals surface area contributed by atoms with Gasteiger partial charge in [-0.25, -0.2) is 4.79 Å². The molecule has 21 heavy (non-hydrogen) atoms. The van der Waals surface area contributed by atoms with Crippen LogP contribution in [0.25, 0.3) is 0 Å². The number of nitrogens with one attached hydrogen (secondary N) is 2. The summed E-state index contributed by atoms with van der Waals surface area (Å²) in [7, 11) is 1.29. The summed E-state index contributed by atoms with van der Waals surface area (Å²) >= 11 is 0. The van der Waals surface area contributed by atoms with Crippen LogP contribution in [-0.4, -0.2) is 31.4 Å². The summed E-state index contributed by atoms with van der Waals surface area (Å²) in [6, 6.07) is 6.10. The van der Waals surface area contributed by atoms with Crippen LogP contribution >= 0.6 is 0 Å². The van der Waals surface area contributed by atoms with E-state index in [4.69, 9.17) is 0 Å². The number of anilines is 1. The molecule has 0 bridgehead atoms. The van der Waals surface area contributed by atoms with Crippen LogP contribution < -0.4 is 10.6 Å². The van der Waals surface area contributed by atoms with Crippen LogP contribution in [0.3, 0.4) is 0 Å². The van der Waals surface area contributed by atoms with Crippen LogP contribution in [0.1, 0.15) is 36.5 Å². The van der Waals surface area contributed by atoms with Crippen molar-refractivity contribution in [1.29, 1.82) is 0 Å². The maximum Gasteiger partial charge on any atom is 0.337 e. The van der Waals surface area contributed by atoms with Crippen molar-refractivity contribution in [3.63, 3.8) is 0 Å². The number of esters is 1. The second kappa shape index (κ2) is 8.73. The molecular weight excluding hydrogens is 272 g/mol. The third-order valence-electron chi connectivity index (χ3n) is 2.84. The van der Waals surface area contributed by atoms with E-state index < -0.39 is 17.8 Å². The summed E-state index contributed by atoms with van der Waals surface area (Å²) < 4.78 is 4.57. The molecule has 0 aromatic heterocycles. The maximum absolute atomic E-state index is 11.6. The van der Waals surface area contributed by atoms with E-state index in [0.717, 1.165) is 19.3 Å². The SMILES string of the molecule is CCCCCNC(=O)C(=O)Nc1ccc(C(=O)OC)cc1. The van der Waals surface area contributed by atoms with Gasteiger partial charge in [-0.2, -0.15) is 0 Å². The number of hydrogen-bond acceptors (Lipinski definition) is 4. The second-order valence-electron chi connectivity index (χ2n) is 4.49. The molecule has 1 aromatic carbocycles. The Morgan fingerprint density at radius 3 is 2.29 bits per heavy atom. The highest BCUT2D eigenvalue weighted by Gasteiger charge is 2.13. The van der Waals surface area contributed by atoms with E-state index in [0.29, 0.717) is 17.8 Å². The van der Waals surface area contributed by atoms with Crippen LogP contribution in [0.5, 0.6) is 0 Å². The van der Waals surface area contributed by atoms with Gasteiger partial charge in [-0.3, -0.25) is 9.59 Å². The lowest BCUT2D eigenvalue weighted by atomic mass is 10.2. The van der Waals surface area contributed by atoms with Crippen molar-refractivity contribution in [2.45, 2.75) is 26.2 Å². The number of hydrogen-bond donors (Lipinski definition) is 2. The minimum Gasteiger partial charge on any atom is -0.465 e. The van der Waals surface area contributed by atoms with Crippen molar-refractivity contribution in [2.24, 2.45) is 0 Å². The molecule has 1 aromatic rings. The predicted molar refractivity (Wildman–Crippen MR) is 78.9 cm³/mol. The zero-order valence-electron chi connectivity index (χ0n) is 12.3. The first-order valence-corrected chi connectivity index (χ1v) is 6.86. The molecule has 6 nitrogen and oxygen atoms in total. The van der Waals surface area contributed by atoms with Gasteiger partial charge in [-0.05, 0) is 30.7 Å². The lowest BCUT2D eigenvalue weighted by Crippen LogP contribution is -2.35. The van der Waals surface area contributed by atoms with E-state index in [9.17, 15) is 14.4 Å². The van der Waals surface area contributed by atoms with Gasteiger partial charge in [0.25, 0.3) is 0 Å². The van der Waals surface area contributed by atoms with Crippen molar-refractivity contribution >= 4 is 23.5 Å². The average molecular weight is 292 g/mol. The van der Waals surface area contributed by atoms with E-state index in [1.807, 2.05) is 0 Å². The number of amides is 2. The molecule has 1 rings (SSSR count). The lowest BCUT2D eigenvalue weighted by molar-refractivity contribution is -0.136. The standard InChI is InChI=1S/C15H20N2O4/c1-3-4-5-10-16-13(18)14(19)17-12-8-6-11(7-9-12)15(20)21-2/h6-9H,3-5,10H2,1-2H3,(H,16,18)(H,17,19). The van der Waals surface area contributed by atoms with E-state index in [1.165, 1.54) is 31.4 Å². The molecule has 114 valence electrons. The van der Waals surface area contributed by atoms with Crippen molar-refractivity contribution in [1.82, 2.24) is 5.32 Å². The van der Waals surface area contributed by atoms with Gasteiger partial charge in [0.15, 0.2) is 0 Å². The molecular formula is C15H20N2O4. The molecule has 0 atom stereocenters. The predicted octanol–water partition coefficient (Wildman–Crippen LogP) is 1.72. The van der Waals surface area contributed by atoms with E-state index in [-0.39, 0.29) is 0 Å². The largest absolute Gasteiger partial charge is 0.465 e. The van der Waals surface area contributed by atoms with Gasteiger partial charge in [0.05, 0.1) is 12.7 Å². The molecule has 0 saturated carbocycles. The van der Waals surface area contributed by atoms with Crippen LogP contribution in [0.4, 0.5) is 5.69 Å². The highest BCUT2D eigenvalue weighted by atomic mass is 16.5. The molecule has 0 aliphatic carbocycles. The molecule has 0 heterocycles. The molecule has 0 aliphatic rings. The molecule has 6 heteroatoms. The highest BCUT2D eigenvalue weighted by molar-refractivity contribution is 6.39. The van der Waals surface area contributed by atoms with Gasteiger partial charge in [0.1, 0.15) is 0 Å². The van der Waals surface area contributed by atoms with Crippen LogP contribution in [-0.2, 0) is 14.3 Å². The fourth-order valence-corrected chi connectivity index (χ4v) is 1.65. The molecule has 0 saturated heterocycles. The molecule has 0 radical (unpaired) electrons. The fraction of sp³-hybridized carbons (Fsp3) is 0.400. The number of ether oxygens (including phenoxy) is 1. The van der Waals surface area contributed by atoms with Crippen LogP contribution in [0.15, 0.2) is 24.3 Å². The molecule has 0 aliphatic heterocycles. The van der Waals surface area contributed by atoms with Gasteiger partial charge in [-0.15, -0.1) is 0 Å². The first-order valence-electron chi connectivity index (χ1n) is 6.86. The van der Waals surface area contributed by atoms with Crippen molar-refractivity contribution in [3.8, 4) is 0 Å². The van der Waals surface area contributed by atoms with Gasteiger partial charge in [-0.1, -0.05) is 19.8 Å².